The molecule has 1 atom stereocenters. The number of fused-ring (bicyclic) bond motifs is 2. The molecule has 3 heterocycles. The fourth-order valence-electron chi connectivity index (χ4n) is 2.91. The molecule has 0 unspecified atom stereocenters. The van der Waals surface area contributed by atoms with Gasteiger partial charge < -0.3 is 10.6 Å². The highest BCUT2D eigenvalue weighted by molar-refractivity contribution is 5.97. The van der Waals surface area contributed by atoms with Gasteiger partial charge in [0.15, 0.2) is 5.65 Å². The minimum Gasteiger partial charge on any atom is -0.344 e. The summed E-state index contributed by atoms with van der Waals surface area (Å²) in [7, 11) is 1.72. The summed E-state index contributed by atoms with van der Waals surface area (Å²) in [5, 5.41) is 10.4. The van der Waals surface area contributed by atoms with E-state index in [1.54, 1.807) is 7.05 Å². The molecule has 122 valence electrons. The van der Waals surface area contributed by atoms with Crippen molar-refractivity contribution in [3.05, 3.63) is 46.4 Å². The maximum absolute atomic E-state index is 12.4. The van der Waals surface area contributed by atoms with Crippen LogP contribution in [0.25, 0.3) is 11.0 Å². The van der Waals surface area contributed by atoms with Gasteiger partial charge in [0.05, 0.1) is 6.20 Å². The van der Waals surface area contributed by atoms with E-state index in [2.05, 4.69) is 25.7 Å². The van der Waals surface area contributed by atoms with Gasteiger partial charge in [-0.1, -0.05) is 18.2 Å². The first kappa shape index (κ1) is 14.4. The van der Waals surface area contributed by atoms with E-state index < -0.39 is 6.04 Å². The minimum atomic E-state index is -0.480. The lowest BCUT2D eigenvalue weighted by Gasteiger charge is -2.15. The average Bonchev–Trinajstić information content (AvgIpc) is 2.86. The monoisotopic (exact) mass is 324 g/mol. The van der Waals surface area contributed by atoms with Gasteiger partial charge in [-0.15, -0.1) is 0 Å². The molecule has 1 aliphatic rings. The summed E-state index contributed by atoms with van der Waals surface area (Å²) in [6.07, 6.45) is 2.83. The maximum Gasteiger partial charge on any atom is 0.263 e. The molecular formula is C16H16N6O2. The first-order valence-electron chi connectivity index (χ1n) is 7.69. The molecule has 0 saturated heterocycles. The zero-order valence-corrected chi connectivity index (χ0v) is 13.0. The summed E-state index contributed by atoms with van der Waals surface area (Å²) in [5.41, 5.74) is 2.11. The van der Waals surface area contributed by atoms with Crippen molar-refractivity contribution < 1.29 is 4.79 Å². The fourth-order valence-corrected chi connectivity index (χ4v) is 2.91. The molecule has 1 aliphatic heterocycles. The summed E-state index contributed by atoms with van der Waals surface area (Å²) >= 11 is 0. The lowest BCUT2D eigenvalue weighted by molar-refractivity contribution is -0.116. The van der Waals surface area contributed by atoms with E-state index in [0.29, 0.717) is 17.5 Å². The summed E-state index contributed by atoms with van der Waals surface area (Å²) in [5.74, 6) is 0.120. The van der Waals surface area contributed by atoms with Crippen LogP contribution in [0, 0.1) is 0 Å². The van der Waals surface area contributed by atoms with Gasteiger partial charge in [0.2, 0.25) is 11.9 Å². The number of nitrogens with one attached hydrogen (secondary N) is 3. The summed E-state index contributed by atoms with van der Waals surface area (Å²) in [6, 6.07) is 7.25. The predicted octanol–water partition coefficient (Wildman–Crippen LogP) is 1.02. The Morgan fingerprint density at radius 2 is 2.12 bits per heavy atom. The summed E-state index contributed by atoms with van der Waals surface area (Å²) in [6.45, 7) is 0. The maximum atomic E-state index is 12.4. The van der Waals surface area contributed by atoms with Crippen molar-refractivity contribution in [3.8, 4) is 0 Å². The third-order valence-electron chi connectivity index (χ3n) is 4.21. The number of aromatic amines is 1. The fraction of sp³-hybridized carbons (Fsp3) is 0.250. The second-order valence-corrected chi connectivity index (χ2v) is 5.80. The number of benzene rings is 1. The van der Waals surface area contributed by atoms with Crippen LogP contribution < -0.4 is 16.2 Å². The van der Waals surface area contributed by atoms with E-state index in [1.165, 1.54) is 10.9 Å². The first-order valence-corrected chi connectivity index (χ1v) is 7.69. The molecule has 0 saturated carbocycles. The number of aromatic nitrogens is 4. The number of hydrogen-bond donors (Lipinski definition) is 3. The van der Waals surface area contributed by atoms with Crippen molar-refractivity contribution in [1.82, 2.24) is 19.7 Å². The number of anilines is 2. The number of carbonyl (C=O) groups is 1. The number of rotatable bonds is 2. The van der Waals surface area contributed by atoms with Gasteiger partial charge >= 0.3 is 0 Å². The molecule has 24 heavy (non-hydrogen) atoms. The first-order chi connectivity index (χ1) is 11.6. The summed E-state index contributed by atoms with van der Waals surface area (Å²) < 4.78 is 1.53. The largest absolute Gasteiger partial charge is 0.344 e. The molecule has 0 radical (unpaired) electrons. The Kier molecular flexibility index (Phi) is 3.30. The van der Waals surface area contributed by atoms with Crippen LogP contribution in [-0.2, 0) is 18.3 Å². The van der Waals surface area contributed by atoms with Crippen LogP contribution in [-0.4, -0.2) is 31.7 Å². The van der Waals surface area contributed by atoms with E-state index in [0.717, 1.165) is 17.7 Å². The van der Waals surface area contributed by atoms with Crippen LogP contribution in [0.1, 0.15) is 12.0 Å². The van der Waals surface area contributed by atoms with Crippen molar-refractivity contribution in [2.24, 2.45) is 7.05 Å². The van der Waals surface area contributed by atoms with E-state index in [-0.39, 0.29) is 17.4 Å². The molecule has 0 bridgehead atoms. The Morgan fingerprint density at radius 1 is 1.29 bits per heavy atom. The van der Waals surface area contributed by atoms with Crippen molar-refractivity contribution in [2.75, 3.05) is 10.6 Å². The number of hydrogen-bond acceptors (Lipinski definition) is 5. The van der Waals surface area contributed by atoms with Crippen LogP contribution in [0.3, 0.4) is 0 Å². The zero-order valence-electron chi connectivity index (χ0n) is 13.0. The second kappa shape index (κ2) is 5.48. The van der Waals surface area contributed by atoms with E-state index in [9.17, 15) is 9.59 Å². The third kappa shape index (κ3) is 2.41. The Bertz CT molecular complexity index is 990. The Hall–Kier alpha value is -3.16. The molecule has 1 amide bonds. The van der Waals surface area contributed by atoms with Gasteiger partial charge in [0.1, 0.15) is 11.4 Å². The highest BCUT2D eigenvalue weighted by atomic mass is 16.2. The molecule has 0 spiro atoms. The SMILES string of the molecule is Cn1ncc2c(=O)[nH]c(N[C@H]3CCc4ccccc4NC3=O)nc21. The number of H-pyrrole nitrogens is 1. The molecule has 0 fully saturated rings. The van der Waals surface area contributed by atoms with Crippen LogP contribution in [0.15, 0.2) is 35.3 Å². The van der Waals surface area contributed by atoms with Gasteiger partial charge in [-0.3, -0.25) is 19.3 Å². The van der Waals surface area contributed by atoms with Gasteiger partial charge in [-0.25, -0.2) is 0 Å². The smallest absolute Gasteiger partial charge is 0.263 e. The van der Waals surface area contributed by atoms with Crippen molar-refractivity contribution >= 4 is 28.6 Å². The minimum absolute atomic E-state index is 0.146. The molecular weight excluding hydrogens is 308 g/mol. The van der Waals surface area contributed by atoms with E-state index in [4.69, 9.17) is 0 Å². The lowest BCUT2D eigenvalue weighted by atomic mass is 10.1. The highest BCUT2D eigenvalue weighted by Crippen LogP contribution is 2.22. The highest BCUT2D eigenvalue weighted by Gasteiger charge is 2.24. The van der Waals surface area contributed by atoms with Gasteiger partial charge in [-0.2, -0.15) is 10.1 Å². The van der Waals surface area contributed by atoms with Crippen LogP contribution in [0.2, 0.25) is 0 Å². The molecule has 0 aliphatic carbocycles. The molecule has 3 N–H and O–H groups in total. The Balaban J connectivity index is 1.63. The number of carbonyl (C=O) groups excluding carboxylic acids is 1. The van der Waals surface area contributed by atoms with Crippen molar-refractivity contribution in [3.63, 3.8) is 0 Å². The number of amides is 1. The Labute approximate surface area is 136 Å². The molecule has 8 heteroatoms. The van der Waals surface area contributed by atoms with Gasteiger partial charge in [-0.05, 0) is 24.5 Å². The second-order valence-electron chi connectivity index (χ2n) is 5.80. The zero-order chi connectivity index (χ0) is 16.7. The van der Waals surface area contributed by atoms with Crippen LogP contribution >= 0.6 is 0 Å². The van der Waals surface area contributed by atoms with Crippen molar-refractivity contribution in [1.29, 1.82) is 0 Å². The topological polar surface area (TPSA) is 105 Å². The average molecular weight is 324 g/mol. The lowest BCUT2D eigenvalue weighted by Crippen LogP contribution is -2.34. The quantitative estimate of drug-likeness (QED) is 0.653. The number of para-hydroxylation sites is 1. The van der Waals surface area contributed by atoms with Gasteiger partial charge in [0.25, 0.3) is 5.56 Å². The normalized spacial score (nSPS) is 17.2. The molecule has 8 nitrogen and oxygen atoms in total. The number of aryl methyl sites for hydroxylation is 2. The van der Waals surface area contributed by atoms with Crippen molar-refractivity contribution in [2.45, 2.75) is 18.9 Å². The van der Waals surface area contributed by atoms with Crippen LogP contribution in [0.4, 0.5) is 11.6 Å². The molecule has 2 aromatic heterocycles. The molecule has 3 aromatic rings. The van der Waals surface area contributed by atoms with Gasteiger partial charge in [0, 0.05) is 12.7 Å². The predicted molar refractivity (Wildman–Crippen MR) is 89.9 cm³/mol. The number of nitrogens with zero attached hydrogens (tertiary/aromatic N) is 3. The standard InChI is InChI=1S/C16H16N6O2/c1-22-13-10(8-17-22)14(23)21-16(20-13)19-12-7-6-9-4-2-3-5-11(9)18-15(12)24/h2-5,8,12H,6-7H2,1H3,(H,18,24)(H2,19,20,21,23)/t12-/m0/s1. The van der Waals surface area contributed by atoms with Crippen LogP contribution in [0.5, 0.6) is 0 Å². The Morgan fingerprint density at radius 3 is 3.00 bits per heavy atom. The third-order valence-corrected chi connectivity index (χ3v) is 4.21. The molecule has 4 rings (SSSR count). The molecule has 1 aromatic carbocycles. The van der Waals surface area contributed by atoms with E-state index in [1.807, 2.05) is 24.3 Å². The van der Waals surface area contributed by atoms with E-state index >= 15 is 0 Å². The summed E-state index contributed by atoms with van der Waals surface area (Å²) in [4.78, 5) is 31.5.